The lowest BCUT2D eigenvalue weighted by atomic mass is 10.1. The molecule has 0 spiro atoms. The van der Waals surface area contributed by atoms with E-state index in [1.54, 1.807) is 0 Å². The van der Waals surface area contributed by atoms with Crippen LogP contribution in [0.4, 0.5) is 5.69 Å². The van der Waals surface area contributed by atoms with Crippen LogP contribution in [0.15, 0.2) is 29.3 Å². The predicted octanol–water partition coefficient (Wildman–Crippen LogP) is 2.02. The third-order valence-electron chi connectivity index (χ3n) is 2.06. The Morgan fingerprint density at radius 3 is 2.38 bits per heavy atom. The molecule has 0 saturated heterocycles. The number of nitrogens with zero attached hydrogens (tertiary/aromatic N) is 1. The molecular formula is C12H19N3O. The summed E-state index contributed by atoms with van der Waals surface area (Å²) in [5, 5.41) is 0. The van der Waals surface area contributed by atoms with Gasteiger partial charge < -0.3 is 16.2 Å². The van der Waals surface area contributed by atoms with Gasteiger partial charge >= 0.3 is 0 Å². The van der Waals surface area contributed by atoms with E-state index in [0.717, 1.165) is 24.5 Å². The van der Waals surface area contributed by atoms with Crippen LogP contribution in [0, 0.1) is 5.92 Å². The van der Waals surface area contributed by atoms with Crippen molar-refractivity contribution in [1.82, 2.24) is 0 Å². The second-order valence-corrected chi connectivity index (χ2v) is 4.06. The average Bonchev–Trinajstić information content (AvgIpc) is 2.19. The van der Waals surface area contributed by atoms with Gasteiger partial charge in [-0.2, -0.15) is 0 Å². The van der Waals surface area contributed by atoms with Crippen LogP contribution in [0.25, 0.3) is 0 Å². The Bertz CT molecular complexity index is 340. The number of nitrogens with two attached hydrogens (primary N) is 2. The maximum absolute atomic E-state index is 5.57. The number of aliphatic imine (C=N–C) groups is 1. The molecule has 4 nitrogen and oxygen atoms in total. The molecule has 0 aliphatic heterocycles. The lowest BCUT2D eigenvalue weighted by molar-refractivity contribution is 0.289. The van der Waals surface area contributed by atoms with Crippen LogP contribution in [-0.4, -0.2) is 12.6 Å². The van der Waals surface area contributed by atoms with Crippen LogP contribution in [0.1, 0.15) is 20.3 Å². The maximum Gasteiger partial charge on any atom is 0.191 e. The van der Waals surface area contributed by atoms with E-state index in [-0.39, 0.29) is 5.96 Å². The number of benzene rings is 1. The van der Waals surface area contributed by atoms with Crippen LogP contribution in [0.5, 0.6) is 5.75 Å². The van der Waals surface area contributed by atoms with Crippen LogP contribution in [0.3, 0.4) is 0 Å². The molecule has 1 aromatic carbocycles. The van der Waals surface area contributed by atoms with Gasteiger partial charge in [-0.1, -0.05) is 13.8 Å². The molecule has 4 heteroatoms. The second kappa shape index (κ2) is 6.00. The Labute approximate surface area is 96.3 Å². The molecule has 0 radical (unpaired) electrons. The highest BCUT2D eigenvalue weighted by atomic mass is 16.5. The first-order chi connectivity index (χ1) is 7.58. The van der Waals surface area contributed by atoms with Crippen LogP contribution in [0.2, 0.25) is 0 Å². The van der Waals surface area contributed by atoms with Gasteiger partial charge in [0, 0.05) is 0 Å². The molecule has 0 bridgehead atoms. The molecule has 88 valence electrons. The lowest BCUT2D eigenvalue weighted by Gasteiger charge is -2.07. The third kappa shape index (κ3) is 4.68. The van der Waals surface area contributed by atoms with E-state index in [1.165, 1.54) is 0 Å². The highest BCUT2D eigenvalue weighted by molar-refractivity contribution is 5.78. The summed E-state index contributed by atoms with van der Waals surface area (Å²) in [5.74, 6) is 1.56. The fourth-order valence-electron chi connectivity index (χ4n) is 1.18. The smallest absolute Gasteiger partial charge is 0.191 e. The zero-order chi connectivity index (χ0) is 12.0. The molecule has 0 saturated carbocycles. The third-order valence-corrected chi connectivity index (χ3v) is 2.06. The van der Waals surface area contributed by atoms with Crippen LogP contribution in [-0.2, 0) is 0 Å². The molecule has 16 heavy (non-hydrogen) atoms. The van der Waals surface area contributed by atoms with Gasteiger partial charge in [-0.15, -0.1) is 0 Å². The first kappa shape index (κ1) is 12.4. The van der Waals surface area contributed by atoms with Gasteiger partial charge in [-0.25, -0.2) is 4.99 Å². The zero-order valence-corrected chi connectivity index (χ0v) is 9.81. The molecule has 4 N–H and O–H groups in total. The molecule has 0 unspecified atom stereocenters. The Balaban J connectivity index is 2.48. The Morgan fingerprint density at radius 2 is 1.88 bits per heavy atom. The van der Waals surface area contributed by atoms with E-state index in [9.17, 15) is 0 Å². The van der Waals surface area contributed by atoms with Crippen molar-refractivity contribution in [3.63, 3.8) is 0 Å². The fraction of sp³-hybridized carbons (Fsp3) is 0.417. The molecule has 0 atom stereocenters. The van der Waals surface area contributed by atoms with Gasteiger partial charge in [0.1, 0.15) is 5.75 Å². The van der Waals surface area contributed by atoms with E-state index in [1.807, 2.05) is 24.3 Å². The summed E-state index contributed by atoms with van der Waals surface area (Å²) in [6.45, 7) is 5.08. The van der Waals surface area contributed by atoms with Crippen molar-refractivity contribution < 1.29 is 4.74 Å². The molecule has 0 aromatic heterocycles. The average molecular weight is 221 g/mol. The van der Waals surface area contributed by atoms with Crippen molar-refractivity contribution in [2.45, 2.75) is 20.3 Å². The highest BCUT2D eigenvalue weighted by Gasteiger charge is 1.97. The van der Waals surface area contributed by atoms with E-state index < -0.39 is 0 Å². The Morgan fingerprint density at radius 1 is 1.25 bits per heavy atom. The number of guanidine groups is 1. The summed E-state index contributed by atoms with van der Waals surface area (Å²) in [6, 6.07) is 7.37. The molecule has 0 aliphatic rings. The van der Waals surface area contributed by atoms with Gasteiger partial charge in [0.15, 0.2) is 5.96 Å². The van der Waals surface area contributed by atoms with Crippen molar-refractivity contribution in [3.8, 4) is 5.75 Å². The molecule has 0 aliphatic carbocycles. The topological polar surface area (TPSA) is 73.6 Å². The van der Waals surface area contributed by atoms with Crippen LogP contribution >= 0.6 is 0 Å². The zero-order valence-electron chi connectivity index (χ0n) is 9.81. The number of rotatable bonds is 5. The summed E-state index contributed by atoms with van der Waals surface area (Å²) >= 11 is 0. The monoisotopic (exact) mass is 221 g/mol. The lowest BCUT2D eigenvalue weighted by Crippen LogP contribution is -2.21. The Kier molecular flexibility index (Phi) is 4.64. The normalized spacial score (nSPS) is 10.2. The number of hydrogen-bond acceptors (Lipinski definition) is 2. The standard InChI is InChI=1S/C12H19N3O/c1-9(2)7-8-16-11-5-3-10(4-6-11)15-12(13)14/h3-6,9H,7-8H2,1-2H3,(H4,13,14,15). The molecular weight excluding hydrogens is 202 g/mol. The van der Waals surface area contributed by atoms with Crippen molar-refractivity contribution >= 4 is 11.6 Å². The number of hydrogen-bond donors (Lipinski definition) is 2. The molecule has 1 aromatic rings. The summed E-state index contributed by atoms with van der Waals surface area (Å²) < 4.78 is 5.57. The predicted molar refractivity (Wildman–Crippen MR) is 66.9 cm³/mol. The molecule has 0 amide bonds. The quantitative estimate of drug-likeness (QED) is 0.590. The van der Waals surface area contributed by atoms with Gasteiger partial charge in [0.25, 0.3) is 0 Å². The summed E-state index contributed by atoms with van der Waals surface area (Å²) in [5.41, 5.74) is 11.3. The van der Waals surface area contributed by atoms with Gasteiger partial charge in [-0.05, 0) is 36.6 Å². The second-order valence-electron chi connectivity index (χ2n) is 4.06. The fourth-order valence-corrected chi connectivity index (χ4v) is 1.18. The largest absolute Gasteiger partial charge is 0.494 e. The van der Waals surface area contributed by atoms with Gasteiger partial charge in [0.2, 0.25) is 0 Å². The first-order valence-electron chi connectivity index (χ1n) is 5.40. The Hall–Kier alpha value is -1.71. The van der Waals surface area contributed by atoms with E-state index >= 15 is 0 Å². The van der Waals surface area contributed by atoms with Crippen molar-refractivity contribution in [1.29, 1.82) is 0 Å². The molecule has 1 rings (SSSR count). The molecule has 0 fully saturated rings. The van der Waals surface area contributed by atoms with Crippen molar-refractivity contribution in [2.75, 3.05) is 6.61 Å². The maximum atomic E-state index is 5.57. The highest BCUT2D eigenvalue weighted by Crippen LogP contribution is 2.18. The van der Waals surface area contributed by atoms with E-state index in [4.69, 9.17) is 16.2 Å². The minimum atomic E-state index is 0.0634. The van der Waals surface area contributed by atoms with Gasteiger partial charge in [-0.3, -0.25) is 0 Å². The van der Waals surface area contributed by atoms with Crippen molar-refractivity contribution in [3.05, 3.63) is 24.3 Å². The molecule has 0 heterocycles. The van der Waals surface area contributed by atoms with E-state index in [0.29, 0.717) is 5.92 Å². The minimum Gasteiger partial charge on any atom is -0.494 e. The summed E-state index contributed by atoms with van der Waals surface area (Å²) in [4.78, 5) is 3.93. The van der Waals surface area contributed by atoms with Crippen molar-refractivity contribution in [2.24, 2.45) is 22.4 Å². The number of ether oxygens (including phenoxy) is 1. The first-order valence-corrected chi connectivity index (χ1v) is 5.40. The summed E-state index contributed by atoms with van der Waals surface area (Å²) in [6.07, 6.45) is 1.05. The van der Waals surface area contributed by atoms with Crippen LogP contribution < -0.4 is 16.2 Å². The van der Waals surface area contributed by atoms with Gasteiger partial charge in [0.05, 0.1) is 12.3 Å². The summed E-state index contributed by atoms with van der Waals surface area (Å²) in [7, 11) is 0. The minimum absolute atomic E-state index is 0.0634. The SMILES string of the molecule is CC(C)CCOc1ccc(N=C(N)N)cc1. The van der Waals surface area contributed by atoms with E-state index in [2.05, 4.69) is 18.8 Å².